The van der Waals surface area contributed by atoms with E-state index >= 15 is 0 Å². The fraction of sp³-hybridized carbons (Fsp3) is 0.464. The molecule has 2 aromatic carbocycles. The van der Waals surface area contributed by atoms with Gasteiger partial charge in [-0.2, -0.15) is 4.58 Å². The highest BCUT2D eigenvalue weighted by Gasteiger charge is 2.25. The maximum absolute atomic E-state index is 12.6. The minimum atomic E-state index is -0.606. The summed E-state index contributed by atoms with van der Waals surface area (Å²) >= 11 is 8.04. The summed E-state index contributed by atoms with van der Waals surface area (Å²) in [4.78, 5) is 60.6. The maximum atomic E-state index is 12.6. The Hall–Kier alpha value is -6.12. The van der Waals surface area contributed by atoms with Gasteiger partial charge in [0.1, 0.15) is 60.2 Å². The third kappa shape index (κ3) is 17.2. The SMILES string of the molecule is CC(C)(C)OC(=O)CCC(=O)OCCl.CC(C)(C)OC(=O)CCC(=O)OCOc1cc(=[N+]2CCOCC2)oc2c(-c3ccc4c(c3)OCCO4)csc12.O=c1cc(N2CCOCC2)oc2c(-c3ccc4c(c3)OCCO4)csc12.[I-]. The van der Waals surface area contributed by atoms with E-state index in [-0.39, 0.29) is 67.9 Å². The van der Waals surface area contributed by atoms with Crippen LogP contribution in [0.3, 0.4) is 0 Å². The normalized spacial score (nSPS) is 14.8. The first-order chi connectivity index (χ1) is 37.9. The standard InChI is InChI=1S/C28H32NO9S.C19H17NO5S.C9H15ClO4.HI/c1-28(2,3)38-25(31)7-6-24(30)36-17-35-22-15-23(29-8-10-32-11-9-29)37-26-19(16-39-27(22)26)18-4-5-20-21(14-18)34-13-12-33-20;21-14-10-17(20-3-5-22-6-4-20)25-18-13(11-26-19(14)18)12-1-2-15-16(9-12)24-8-7-23-15;1-9(2,3)14-8(12)5-4-7(11)13-6-10;/h4-5,14-16H,6-13,17H2,1-3H3;1-2,9-11H,3-8H2;4-6H2,1-3H3;1H/q+1;;;/p-1. The van der Waals surface area contributed by atoms with Gasteiger partial charge < -0.3 is 89.8 Å². The van der Waals surface area contributed by atoms with Crippen molar-refractivity contribution in [2.75, 3.05) is 96.8 Å². The molecule has 0 unspecified atom stereocenters. The van der Waals surface area contributed by atoms with Crippen molar-refractivity contribution in [2.24, 2.45) is 0 Å². The molecule has 2 fully saturated rings. The number of thiophene rings is 2. The van der Waals surface area contributed by atoms with Gasteiger partial charge in [0.15, 0.2) is 65.0 Å². The number of anilines is 1. The van der Waals surface area contributed by atoms with Gasteiger partial charge in [-0.1, -0.05) is 23.7 Å². The molecule has 0 N–H and O–H groups in total. The topological polar surface area (TPSA) is 219 Å². The van der Waals surface area contributed by atoms with E-state index in [9.17, 15) is 24.0 Å². The van der Waals surface area contributed by atoms with Gasteiger partial charge >= 0.3 is 29.4 Å². The molecule has 8 heterocycles. The summed E-state index contributed by atoms with van der Waals surface area (Å²) < 4.78 is 75.5. The van der Waals surface area contributed by atoms with Crippen LogP contribution in [0, 0.1) is 0 Å². The van der Waals surface area contributed by atoms with Gasteiger partial charge in [0.25, 0.3) is 0 Å². The molecule has 4 aliphatic rings. The predicted octanol–water partition coefficient (Wildman–Crippen LogP) is 5.72. The van der Waals surface area contributed by atoms with Crippen LogP contribution in [0.1, 0.15) is 67.2 Å². The number of rotatable bonds is 13. The Labute approximate surface area is 491 Å². The Morgan fingerprint density at radius 1 is 0.600 bits per heavy atom. The Kier molecular flexibility index (Phi) is 21.9. The van der Waals surface area contributed by atoms with Crippen LogP contribution in [0.15, 0.2) is 72.9 Å². The molecule has 0 saturated carbocycles. The largest absolute Gasteiger partial charge is 1.00 e. The molecule has 20 nitrogen and oxygen atoms in total. The highest BCUT2D eigenvalue weighted by atomic mass is 127. The maximum Gasteiger partial charge on any atom is 0.371 e. The van der Waals surface area contributed by atoms with Crippen LogP contribution in [0.5, 0.6) is 28.7 Å². The average Bonchev–Trinajstić information content (AvgIpc) is 4.16. The van der Waals surface area contributed by atoms with Crippen LogP contribution in [0.2, 0.25) is 0 Å². The van der Waals surface area contributed by atoms with E-state index in [4.69, 9.17) is 67.8 Å². The molecule has 0 radical (unpaired) electrons. The Morgan fingerprint density at radius 3 is 1.62 bits per heavy atom. The molecule has 0 aliphatic carbocycles. The second-order valence-corrected chi connectivity index (χ2v) is 22.0. The molecule has 0 spiro atoms. The summed E-state index contributed by atoms with van der Waals surface area (Å²) in [6.07, 6.45) is -0.131. The smallest absolute Gasteiger partial charge is 0.371 e. The van der Waals surface area contributed by atoms with Crippen molar-refractivity contribution in [3.05, 3.63) is 75.1 Å². The van der Waals surface area contributed by atoms with E-state index in [0.29, 0.717) is 110 Å². The van der Waals surface area contributed by atoms with E-state index in [1.54, 1.807) is 47.6 Å². The lowest BCUT2D eigenvalue weighted by molar-refractivity contribution is -0.160. The van der Waals surface area contributed by atoms with Gasteiger partial charge in [-0.25, -0.2) is 0 Å². The third-order valence-electron chi connectivity index (χ3n) is 11.8. The van der Waals surface area contributed by atoms with Crippen molar-refractivity contribution in [1.82, 2.24) is 4.58 Å². The van der Waals surface area contributed by atoms with Crippen molar-refractivity contribution >= 4 is 84.6 Å². The van der Waals surface area contributed by atoms with Gasteiger partial charge in [0, 0.05) is 41.0 Å². The van der Waals surface area contributed by atoms with E-state index in [0.717, 1.165) is 51.5 Å². The number of morpholine rings is 2. The second kappa shape index (κ2) is 28.5. The van der Waals surface area contributed by atoms with Crippen LogP contribution in [0.25, 0.3) is 42.8 Å². The molecule has 10 rings (SSSR count). The summed E-state index contributed by atoms with van der Waals surface area (Å²) in [5, 5.41) is 3.96. The van der Waals surface area contributed by atoms with E-state index in [1.807, 2.05) is 53.2 Å². The molecule has 24 heteroatoms. The summed E-state index contributed by atoms with van der Waals surface area (Å²) in [6.45, 7) is 17.7. The van der Waals surface area contributed by atoms with Crippen LogP contribution in [0.4, 0.5) is 5.88 Å². The van der Waals surface area contributed by atoms with Crippen molar-refractivity contribution < 1.29 is 104 Å². The number of carbonyl (C=O) groups excluding carboxylic acids is 4. The molecule has 0 bridgehead atoms. The van der Waals surface area contributed by atoms with Gasteiger partial charge in [-0.15, -0.1) is 22.7 Å². The third-order valence-corrected chi connectivity index (χ3v) is 13.8. The zero-order valence-electron chi connectivity index (χ0n) is 45.3. The molecule has 6 aromatic rings. The fourth-order valence-electron chi connectivity index (χ4n) is 8.22. The van der Waals surface area contributed by atoms with Crippen LogP contribution in [-0.2, 0) is 47.6 Å². The van der Waals surface area contributed by atoms with Crippen LogP contribution >= 0.6 is 34.3 Å². The number of benzene rings is 2. The van der Waals surface area contributed by atoms with Crippen molar-refractivity contribution in [1.29, 1.82) is 0 Å². The molecule has 4 aliphatic heterocycles. The summed E-state index contributed by atoms with van der Waals surface area (Å²) in [6, 6.07) is 14.8. The first-order valence-corrected chi connectivity index (χ1v) is 28.0. The second-order valence-electron chi connectivity index (χ2n) is 20.0. The molecule has 432 valence electrons. The van der Waals surface area contributed by atoms with Crippen LogP contribution in [-0.4, -0.2) is 127 Å². The van der Waals surface area contributed by atoms with Gasteiger partial charge in [0.05, 0.1) is 45.0 Å². The van der Waals surface area contributed by atoms with Gasteiger partial charge in [-0.3, -0.25) is 24.0 Å². The number of hydrogen-bond donors (Lipinski definition) is 0. The average molecular weight is 1280 g/mol. The predicted molar refractivity (Wildman–Crippen MR) is 295 cm³/mol. The van der Waals surface area contributed by atoms with Crippen LogP contribution < -0.4 is 68.1 Å². The number of carbonyl (C=O) groups is 4. The van der Waals surface area contributed by atoms with Crippen molar-refractivity contribution in [2.45, 2.75) is 78.4 Å². The quantitative estimate of drug-likeness (QED) is 0.0337. The Morgan fingerprint density at radius 2 is 1.09 bits per heavy atom. The van der Waals surface area contributed by atoms with Gasteiger partial charge in [0.2, 0.25) is 12.2 Å². The molecule has 80 heavy (non-hydrogen) atoms. The number of nitrogens with zero attached hydrogens (tertiary/aromatic N) is 2. The molecule has 0 atom stereocenters. The monoisotopic (exact) mass is 1280 g/mol. The Bertz CT molecular complexity index is 3250. The lowest BCUT2D eigenvalue weighted by atomic mass is 10.1. The minimum absolute atomic E-state index is 0. The molecular formula is C56H64ClIN2O18S2. The molecule has 4 aromatic heterocycles. The van der Waals surface area contributed by atoms with Gasteiger partial charge in [-0.05, 0) is 76.9 Å². The first kappa shape index (κ1) is 61.5. The number of hydrogen-bond acceptors (Lipinski definition) is 21. The highest BCUT2D eigenvalue weighted by Crippen LogP contribution is 2.42. The first-order valence-electron chi connectivity index (χ1n) is 25.7. The number of alkyl halides is 1. The fourth-order valence-corrected chi connectivity index (χ4v) is 10.2. The molecular weight excluding hydrogens is 1220 g/mol. The number of halogens is 2. The molecule has 0 amide bonds. The zero-order chi connectivity index (χ0) is 56.1. The molecule has 2 saturated heterocycles. The van der Waals surface area contributed by atoms with E-state index < -0.39 is 35.1 Å². The lowest BCUT2D eigenvalue weighted by Crippen LogP contribution is -3.00. The van der Waals surface area contributed by atoms with Crippen molar-refractivity contribution in [3.8, 4) is 51.0 Å². The Balaban J connectivity index is 0.000000194. The summed E-state index contributed by atoms with van der Waals surface area (Å²) in [5.41, 5.74) is 4.44. The number of ether oxygens (including phenoxy) is 11. The lowest BCUT2D eigenvalue weighted by Gasteiger charge is -2.27. The summed E-state index contributed by atoms with van der Waals surface area (Å²) in [7, 11) is 0. The van der Waals surface area contributed by atoms with E-state index in [1.165, 1.54) is 22.7 Å². The minimum Gasteiger partial charge on any atom is -1.00 e. The van der Waals surface area contributed by atoms with Crippen molar-refractivity contribution in [3.63, 3.8) is 0 Å². The zero-order valence-corrected chi connectivity index (χ0v) is 49.9. The number of fused-ring (bicyclic) bond motifs is 4. The number of esters is 4. The van der Waals surface area contributed by atoms with E-state index in [2.05, 4.69) is 14.2 Å². The highest BCUT2D eigenvalue weighted by molar-refractivity contribution is 7.18. The summed E-state index contributed by atoms with van der Waals surface area (Å²) in [5.74, 6) is 2.10.